The van der Waals surface area contributed by atoms with E-state index >= 15 is 0 Å². The van der Waals surface area contributed by atoms with Gasteiger partial charge in [-0.2, -0.15) is 0 Å². The van der Waals surface area contributed by atoms with Crippen molar-refractivity contribution in [1.82, 2.24) is 15.6 Å². The van der Waals surface area contributed by atoms with Crippen molar-refractivity contribution < 1.29 is 0 Å². The van der Waals surface area contributed by atoms with E-state index in [1.165, 1.54) is 29.1 Å². The summed E-state index contributed by atoms with van der Waals surface area (Å²) in [5.74, 6) is 1.38. The third-order valence-corrected chi connectivity index (χ3v) is 5.99. The number of aliphatic imine (C=N–C) groups is 1. The van der Waals surface area contributed by atoms with Crippen LogP contribution in [0.3, 0.4) is 0 Å². The molecular formula is C20H28N4S. The number of benzene rings is 1. The molecule has 1 aliphatic rings. The number of thiazole rings is 1. The molecule has 5 heteroatoms. The van der Waals surface area contributed by atoms with Crippen molar-refractivity contribution in [2.75, 3.05) is 20.1 Å². The van der Waals surface area contributed by atoms with Crippen LogP contribution in [0.15, 0.2) is 40.7 Å². The first-order chi connectivity index (χ1) is 12.1. The third kappa shape index (κ3) is 4.60. The molecule has 0 spiro atoms. The second kappa shape index (κ2) is 8.00. The van der Waals surface area contributed by atoms with Crippen LogP contribution in [0.1, 0.15) is 48.9 Å². The van der Waals surface area contributed by atoms with Crippen LogP contribution < -0.4 is 10.6 Å². The van der Waals surface area contributed by atoms with Gasteiger partial charge in [-0.1, -0.05) is 44.2 Å². The molecule has 0 unspecified atom stereocenters. The zero-order valence-corrected chi connectivity index (χ0v) is 16.2. The molecule has 1 fully saturated rings. The van der Waals surface area contributed by atoms with Crippen LogP contribution in [0.4, 0.5) is 0 Å². The van der Waals surface area contributed by atoms with Gasteiger partial charge in [0.2, 0.25) is 0 Å². The van der Waals surface area contributed by atoms with E-state index in [1.807, 2.05) is 7.05 Å². The average Bonchev–Trinajstić information content (AvgIpc) is 3.28. The van der Waals surface area contributed by atoms with E-state index in [9.17, 15) is 0 Å². The fourth-order valence-corrected chi connectivity index (χ4v) is 3.86. The summed E-state index contributed by atoms with van der Waals surface area (Å²) < 4.78 is 0. The van der Waals surface area contributed by atoms with E-state index in [1.54, 1.807) is 11.3 Å². The topological polar surface area (TPSA) is 49.3 Å². The van der Waals surface area contributed by atoms with Crippen molar-refractivity contribution in [1.29, 1.82) is 0 Å². The molecule has 0 aliphatic heterocycles. The van der Waals surface area contributed by atoms with Gasteiger partial charge in [-0.15, -0.1) is 11.3 Å². The molecule has 4 nitrogen and oxygen atoms in total. The normalized spacial score (nSPS) is 16.1. The molecule has 2 aromatic rings. The Labute approximate surface area is 154 Å². The molecule has 1 heterocycles. The lowest BCUT2D eigenvalue weighted by Crippen LogP contribution is -2.42. The lowest BCUT2D eigenvalue weighted by atomic mass is 9.96. The Bertz CT molecular complexity index is 701. The lowest BCUT2D eigenvalue weighted by molar-refractivity contribution is 0.645. The van der Waals surface area contributed by atoms with Gasteiger partial charge >= 0.3 is 0 Å². The Kier molecular flexibility index (Phi) is 5.74. The third-order valence-electron chi connectivity index (χ3n) is 4.79. The van der Waals surface area contributed by atoms with Crippen LogP contribution in [0.5, 0.6) is 0 Å². The number of guanidine groups is 1. The Hall–Kier alpha value is -1.88. The number of nitrogens with zero attached hydrogens (tertiary/aromatic N) is 2. The van der Waals surface area contributed by atoms with Crippen molar-refractivity contribution in [3.05, 3.63) is 52.0 Å². The lowest BCUT2D eigenvalue weighted by Gasteiger charge is -2.19. The van der Waals surface area contributed by atoms with Crippen molar-refractivity contribution in [3.63, 3.8) is 0 Å². The van der Waals surface area contributed by atoms with E-state index in [-0.39, 0.29) is 0 Å². The first kappa shape index (κ1) is 17.9. The van der Waals surface area contributed by atoms with Crippen LogP contribution in [-0.2, 0) is 11.8 Å². The maximum absolute atomic E-state index is 4.69. The predicted octanol–water partition coefficient (Wildman–Crippen LogP) is 3.71. The predicted molar refractivity (Wildman–Crippen MR) is 107 cm³/mol. The van der Waals surface area contributed by atoms with Crippen LogP contribution in [0.2, 0.25) is 0 Å². The molecule has 1 saturated carbocycles. The highest BCUT2D eigenvalue weighted by Crippen LogP contribution is 2.47. The summed E-state index contributed by atoms with van der Waals surface area (Å²) in [6.45, 7) is 6.16. The molecule has 1 aromatic carbocycles. The fraction of sp³-hybridized carbons (Fsp3) is 0.500. The molecule has 0 amide bonds. The van der Waals surface area contributed by atoms with E-state index in [2.05, 4.69) is 70.2 Å². The van der Waals surface area contributed by atoms with Crippen molar-refractivity contribution >= 4 is 17.3 Å². The van der Waals surface area contributed by atoms with Gasteiger partial charge in [0.1, 0.15) is 0 Å². The highest BCUT2D eigenvalue weighted by Gasteiger charge is 2.43. The van der Waals surface area contributed by atoms with E-state index in [0.717, 1.165) is 25.5 Å². The first-order valence-corrected chi connectivity index (χ1v) is 9.95. The number of rotatable bonds is 7. The van der Waals surface area contributed by atoms with Gasteiger partial charge in [-0.05, 0) is 18.4 Å². The molecule has 2 N–H and O–H groups in total. The number of nitrogens with one attached hydrogen (secondary N) is 2. The van der Waals surface area contributed by atoms with Gasteiger partial charge in [0.05, 0.1) is 10.7 Å². The zero-order chi connectivity index (χ0) is 17.7. The summed E-state index contributed by atoms with van der Waals surface area (Å²) in [7, 11) is 1.83. The molecule has 0 radical (unpaired) electrons. The molecule has 1 aliphatic carbocycles. The Morgan fingerprint density at radius 2 is 2.00 bits per heavy atom. The van der Waals surface area contributed by atoms with Crippen molar-refractivity contribution in [2.45, 2.75) is 44.4 Å². The maximum Gasteiger partial charge on any atom is 0.191 e. The second-order valence-corrected chi connectivity index (χ2v) is 7.97. The standard InChI is InChI=1S/C20H28N4S/c1-15(2)18-24-17(13-25-18)9-12-22-19(21-3)23-14-20(10-11-20)16-7-5-4-6-8-16/h4-8,13,15H,9-12,14H2,1-3H3,(H2,21,22,23). The van der Waals surface area contributed by atoms with Crippen LogP contribution >= 0.6 is 11.3 Å². The Balaban J connectivity index is 1.45. The molecule has 134 valence electrons. The Morgan fingerprint density at radius 1 is 1.24 bits per heavy atom. The molecule has 0 saturated heterocycles. The number of aromatic nitrogens is 1. The van der Waals surface area contributed by atoms with E-state index < -0.39 is 0 Å². The molecule has 3 rings (SSSR count). The van der Waals surface area contributed by atoms with Gasteiger partial charge in [-0.3, -0.25) is 4.99 Å². The summed E-state index contributed by atoms with van der Waals surface area (Å²) in [5, 5.41) is 10.3. The molecule has 0 bridgehead atoms. The van der Waals surface area contributed by atoms with Crippen LogP contribution in [-0.4, -0.2) is 31.1 Å². The quantitative estimate of drug-likeness (QED) is 0.587. The largest absolute Gasteiger partial charge is 0.356 e. The van der Waals surface area contributed by atoms with Crippen LogP contribution in [0.25, 0.3) is 0 Å². The number of hydrogen-bond donors (Lipinski definition) is 2. The monoisotopic (exact) mass is 356 g/mol. The summed E-state index contributed by atoms with van der Waals surface area (Å²) >= 11 is 1.76. The second-order valence-electron chi connectivity index (χ2n) is 7.08. The highest BCUT2D eigenvalue weighted by atomic mass is 32.1. The molecule has 0 atom stereocenters. The van der Waals surface area contributed by atoms with Crippen molar-refractivity contribution in [3.8, 4) is 0 Å². The summed E-state index contributed by atoms with van der Waals surface area (Å²) in [6, 6.07) is 10.8. The number of hydrogen-bond acceptors (Lipinski definition) is 3. The zero-order valence-electron chi connectivity index (χ0n) is 15.4. The summed E-state index contributed by atoms with van der Waals surface area (Å²) in [6.07, 6.45) is 3.42. The fourth-order valence-electron chi connectivity index (χ4n) is 3.00. The highest BCUT2D eigenvalue weighted by molar-refractivity contribution is 7.09. The van der Waals surface area contributed by atoms with E-state index in [0.29, 0.717) is 11.3 Å². The summed E-state index contributed by atoms with van der Waals surface area (Å²) in [4.78, 5) is 9.04. The van der Waals surface area contributed by atoms with Gasteiger partial charge < -0.3 is 10.6 Å². The minimum Gasteiger partial charge on any atom is -0.356 e. The minimum absolute atomic E-state index is 0.292. The van der Waals surface area contributed by atoms with Crippen molar-refractivity contribution in [2.24, 2.45) is 4.99 Å². The van der Waals surface area contributed by atoms with E-state index in [4.69, 9.17) is 0 Å². The molecule has 25 heavy (non-hydrogen) atoms. The average molecular weight is 357 g/mol. The molecule has 1 aromatic heterocycles. The van der Waals surface area contributed by atoms with Crippen LogP contribution in [0, 0.1) is 0 Å². The summed E-state index contributed by atoms with van der Waals surface area (Å²) in [5.41, 5.74) is 2.89. The SMILES string of the molecule is CN=C(NCCc1csc(C(C)C)n1)NCC1(c2ccccc2)CC1. The van der Waals surface area contributed by atoms with Gasteiger partial charge in [-0.25, -0.2) is 4.98 Å². The minimum atomic E-state index is 0.292. The van der Waals surface area contributed by atoms with Gasteiger partial charge in [0.15, 0.2) is 5.96 Å². The Morgan fingerprint density at radius 3 is 2.60 bits per heavy atom. The molecular weight excluding hydrogens is 328 g/mol. The van der Waals surface area contributed by atoms with Gasteiger partial charge in [0.25, 0.3) is 0 Å². The smallest absolute Gasteiger partial charge is 0.191 e. The maximum atomic E-state index is 4.69. The van der Waals surface area contributed by atoms with Gasteiger partial charge in [0, 0.05) is 43.3 Å². The first-order valence-electron chi connectivity index (χ1n) is 9.07.